The lowest BCUT2D eigenvalue weighted by atomic mass is 10.1. The minimum Gasteiger partial charge on any atom is -0.348 e. The molecule has 1 heterocycles. The molecule has 0 atom stereocenters. The summed E-state index contributed by atoms with van der Waals surface area (Å²) in [4.78, 5) is 28.2. The third-order valence-corrected chi connectivity index (χ3v) is 3.90. The Balaban J connectivity index is 1.64. The number of carbonyl (C=O) groups is 2. The van der Waals surface area contributed by atoms with E-state index in [-0.39, 0.29) is 11.5 Å². The minimum atomic E-state index is -1.67. The van der Waals surface area contributed by atoms with E-state index in [0.717, 1.165) is 11.6 Å². The van der Waals surface area contributed by atoms with Crippen molar-refractivity contribution < 1.29 is 22.8 Å². The highest BCUT2D eigenvalue weighted by Gasteiger charge is 2.16. The number of rotatable bonds is 5. The maximum atomic E-state index is 13.6. The van der Waals surface area contributed by atoms with E-state index in [2.05, 4.69) is 15.6 Å². The van der Waals surface area contributed by atoms with E-state index in [0.29, 0.717) is 18.2 Å². The van der Waals surface area contributed by atoms with Crippen LogP contribution in [0.1, 0.15) is 26.3 Å². The van der Waals surface area contributed by atoms with E-state index < -0.39 is 29.0 Å². The predicted molar refractivity (Wildman–Crippen MR) is 96.1 cm³/mol. The second kappa shape index (κ2) is 8.34. The summed E-state index contributed by atoms with van der Waals surface area (Å²) in [6, 6.07) is 10.8. The Morgan fingerprint density at radius 1 is 0.786 bits per heavy atom. The van der Waals surface area contributed by atoms with Crippen LogP contribution in [0.2, 0.25) is 0 Å². The molecule has 0 aliphatic heterocycles. The van der Waals surface area contributed by atoms with Crippen molar-refractivity contribution in [1.29, 1.82) is 0 Å². The number of benzene rings is 2. The number of hydrogen-bond donors (Lipinski definition) is 2. The Hall–Kier alpha value is -3.68. The minimum absolute atomic E-state index is 0.120. The number of nitrogens with one attached hydrogen (secondary N) is 2. The SMILES string of the molecule is O=C(NCc1ccncc1)c1ccc(C(=O)Nc2ccc(F)c(F)c2F)cc1. The molecule has 0 radical (unpaired) electrons. The maximum Gasteiger partial charge on any atom is 0.255 e. The number of amides is 2. The van der Waals surface area contributed by atoms with Crippen LogP contribution in [0.3, 0.4) is 0 Å². The Morgan fingerprint density at radius 3 is 2.04 bits per heavy atom. The fraction of sp³-hybridized carbons (Fsp3) is 0.0500. The summed E-state index contributed by atoms with van der Waals surface area (Å²) in [5.74, 6) is -5.57. The highest BCUT2D eigenvalue weighted by molar-refractivity contribution is 6.05. The van der Waals surface area contributed by atoms with Crippen molar-refractivity contribution >= 4 is 17.5 Å². The van der Waals surface area contributed by atoms with Crippen LogP contribution >= 0.6 is 0 Å². The van der Waals surface area contributed by atoms with Crippen molar-refractivity contribution in [3.05, 3.63) is 95.1 Å². The first-order chi connectivity index (χ1) is 13.5. The second-order valence-electron chi connectivity index (χ2n) is 5.79. The van der Waals surface area contributed by atoms with E-state index in [4.69, 9.17) is 0 Å². The maximum absolute atomic E-state index is 13.6. The van der Waals surface area contributed by atoms with Gasteiger partial charge in [0.05, 0.1) is 5.69 Å². The fourth-order valence-corrected chi connectivity index (χ4v) is 2.37. The number of carbonyl (C=O) groups excluding carboxylic acids is 2. The molecule has 28 heavy (non-hydrogen) atoms. The van der Waals surface area contributed by atoms with Crippen molar-refractivity contribution in [2.75, 3.05) is 5.32 Å². The number of pyridine rings is 1. The molecule has 0 saturated carbocycles. The first kappa shape index (κ1) is 19.1. The molecule has 3 rings (SSSR count). The molecule has 0 saturated heterocycles. The van der Waals surface area contributed by atoms with Crippen molar-refractivity contribution in [1.82, 2.24) is 10.3 Å². The van der Waals surface area contributed by atoms with Gasteiger partial charge in [-0.05, 0) is 54.1 Å². The van der Waals surface area contributed by atoms with Gasteiger partial charge >= 0.3 is 0 Å². The highest BCUT2D eigenvalue weighted by Crippen LogP contribution is 2.20. The van der Waals surface area contributed by atoms with Crippen LogP contribution in [-0.4, -0.2) is 16.8 Å². The quantitative estimate of drug-likeness (QED) is 0.658. The van der Waals surface area contributed by atoms with E-state index in [9.17, 15) is 22.8 Å². The molecule has 5 nitrogen and oxygen atoms in total. The van der Waals surface area contributed by atoms with Gasteiger partial charge in [-0.1, -0.05) is 0 Å². The topological polar surface area (TPSA) is 71.1 Å². The van der Waals surface area contributed by atoms with Gasteiger partial charge in [-0.25, -0.2) is 13.2 Å². The molecule has 3 aromatic rings. The van der Waals surface area contributed by atoms with Crippen LogP contribution in [0.25, 0.3) is 0 Å². The summed E-state index contributed by atoms with van der Waals surface area (Å²) in [7, 11) is 0. The molecule has 2 amide bonds. The Labute approximate surface area is 158 Å². The number of hydrogen-bond acceptors (Lipinski definition) is 3. The third-order valence-electron chi connectivity index (χ3n) is 3.90. The monoisotopic (exact) mass is 385 g/mol. The second-order valence-corrected chi connectivity index (χ2v) is 5.79. The smallest absolute Gasteiger partial charge is 0.255 e. The molecular formula is C20H14F3N3O2. The van der Waals surface area contributed by atoms with E-state index in [1.807, 2.05) is 0 Å². The molecule has 2 aromatic carbocycles. The fourth-order valence-electron chi connectivity index (χ4n) is 2.37. The van der Waals surface area contributed by atoms with Gasteiger partial charge in [-0.2, -0.15) is 0 Å². The zero-order chi connectivity index (χ0) is 20.1. The lowest BCUT2D eigenvalue weighted by molar-refractivity contribution is 0.0949. The molecule has 2 N–H and O–H groups in total. The molecule has 0 spiro atoms. The number of anilines is 1. The summed E-state index contributed by atoms with van der Waals surface area (Å²) in [6.07, 6.45) is 3.23. The lowest BCUT2D eigenvalue weighted by Crippen LogP contribution is -2.23. The van der Waals surface area contributed by atoms with Crippen molar-refractivity contribution in [3.8, 4) is 0 Å². The van der Waals surface area contributed by atoms with Crippen molar-refractivity contribution in [2.24, 2.45) is 0 Å². The van der Waals surface area contributed by atoms with Crippen LogP contribution in [0.4, 0.5) is 18.9 Å². The van der Waals surface area contributed by atoms with Gasteiger partial charge in [0.2, 0.25) is 0 Å². The Bertz CT molecular complexity index is 1010. The summed E-state index contributed by atoms with van der Waals surface area (Å²) in [5, 5.41) is 4.89. The van der Waals surface area contributed by atoms with Gasteiger partial charge in [0.1, 0.15) is 0 Å². The number of halogens is 3. The molecule has 0 unspecified atom stereocenters. The average Bonchev–Trinajstić information content (AvgIpc) is 2.73. The molecule has 142 valence electrons. The van der Waals surface area contributed by atoms with Gasteiger partial charge in [0.15, 0.2) is 17.5 Å². The van der Waals surface area contributed by atoms with Gasteiger partial charge < -0.3 is 10.6 Å². The van der Waals surface area contributed by atoms with Crippen molar-refractivity contribution in [2.45, 2.75) is 6.54 Å². The standard InChI is InChI=1S/C20H14F3N3O2/c21-15-5-6-16(18(23)17(15)22)26-20(28)14-3-1-13(2-4-14)19(27)25-11-12-7-9-24-10-8-12/h1-10H,11H2,(H,25,27)(H,26,28). The zero-order valence-electron chi connectivity index (χ0n) is 14.4. The van der Waals surface area contributed by atoms with Crippen LogP contribution in [0, 0.1) is 17.5 Å². The highest BCUT2D eigenvalue weighted by atomic mass is 19.2. The van der Waals surface area contributed by atoms with Crippen molar-refractivity contribution in [3.63, 3.8) is 0 Å². The number of aromatic nitrogens is 1. The van der Waals surface area contributed by atoms with Gasteiger partial charge in [0.25, 0.3) is 11.8 Å². The molecular weight excluding hydrogens is 371 g/mol. The zero-order valence-corrected chi connectivity index (χ0v) is 14.4. The largest absolute Gasteiger partial charge is 0.348 e. The molecule has 8 heteroatoms. The molecule has 0 aliphatic carbocycles. The van der Waals surface area contributed by atoms with E-state index in [1.165, 1.54) is 24.3 Å². The van der Waals surface area contributed by atoms with Gasteiger partial charge in [-0.15, -0.1) is 0 Å². The van der Waals surface area contributed by atoms with Crippen LogP contribution in [-0.2, 0) is 6.54 Å². The van der Waals surface area contributed by atoms with E-state index >= 15 is 0 Å². The Morgan fingerprint density at radius 2 is 1.39 bits per heavy atom. The first-order valence-corrected chi connectivity index (χ1v) is 8.17. The molecule has 0 aliphatic rings. The normalized spacial score (nSPS) is 10.4. The molecule has 0 fully saturated rings. The van der Waals surface area contributed by atoms with Gasteiger partial charge in [-0.3, -0.25) is 14.6 Å². The average molecular weight is 385 g/mol. The molecule has 1 aromatic heterocycles. The summed E-state index contributed by atoms with van der Waals surface area (Å²) < 4.78 is 39.8. The third kappa shape index (κ3) is 4.35. The van der Waals surface area contributed by atoms with Crippen LogP contribution < -0.4 is 10.6 Å². The van der Waals surface area contributed by atoms with Gasteiger partial charge in [0, 0.05) is 30.1 Å². The van der Waals surface area contributed by atoms with Crippen LogP contribution in [0.5, 0.6) is 0 Å². The Kier molecular flexibility index (Phi) is 5.69. The van der Waals surface area contributed by atoms with Crippen LogP contribution in [0.15, 0.2) is 60.9 Å². The van der Waals surface area contributed by atoms with E-state index in [1.54, 1.807) is 24.5 Å². The first-order valence-electron chi connectivity index (χ1n) is 8.17. The number of nitrogens with zero attached hydrogens (tertiary/aromatic N) is 1. The summed E-state index contributed by atoms with van der Waals surface area (Å²) in [5.41, 5.74) is 0.843. The summed E-state index contributed by atoms with van der Waals surface area (Å²) in [6.45, 7) is 0.318. The molecule has 0 bridgehead atoms. The lowest BCUT2D eigenvalue weighted by Gasteiger charge is -2.08. The predicted octanol–water partition coefficient (Wildman–Crippen LogP) is 3.68. The summed E-state index contributed by atoms with van der Waals surface area (Å²) >= 11 is 0.